The molecule has 0 aliphatic carbocycles. The number of carbonyl (C=O) groups excluding carboxylic acids is 2. The van der Waals surface area contributed by atoms with E-state index < -0.39 is 0 Å². The summed E-state index contributed by atoms with van der Waals surface area (Å²) in [4.78, 5) is 29.8. The van der Waals surface area contributed by atoms with Crippen LogP contribution in [0.4, 0.5) is 5.69 Å². The largest absolute Gasteiger partial charge is 0.396 e. The standard InChI is InChI=1S/C13H16N4O2S/c1-3-15-9(18)7-17(2)13(19)12-10(14)11-8(20-12)5-4-6-16-11/h4-6H,3,7,14H2,1-2H3,(H,15,18). The molecule has 106 valence electrons. The van der Waals surface area contributed by atoms with Crippen molar-refractivity contribution in [2.75, 3.05) is 25.9 Å². The molecule has 0 aromatic carbocycles. The second-order valence-electron chi connectivity index (χ2n) is 4.31. The summed E-state index contributed by atoms with van der Waals surface area (Å²) in [5.41, 5.74) is 6.97. The van der Waals surface area contributed by atoms with Gasteiger partial charge in [-0.05, 0) is 19.1 Å². The maximum atomic E-state index is 12.3. The second kappa shape index (κ2) is 5.87. The van der Waals surface area contributed by atoms with Gasteiger partial charge in [-0.3, -0.25) is 14.6 Å². The molecule has 6 nitrogen and oxygen atoms in total. The minimum atomic E-state index is -0.267. The zero-order valence-corrected chi connectivity index (χ0v) is 12.2. The Kier molecular flexibility index (Phi) is 4.19. The molecular weight excluding hydrogens is 276 g/mol. The molecule has 0 atom stereocenters. The lowest BCUT2D eigenvalue weighted by Gasteiger charge is -2.15. The van der Waals surface area contributed by atoms with Crippen molar-refractivity contribution in [2.24, 2.45) is 0 Å². The van der Waals surface area contributed by atoms with Crippen molar-refractivity contribution in [3.05, 3.63) is 23.2 Å². The molecule has 0 spiro atoms. The van der Waals surface area contributed by atoms with Crippen LogP contribution in [0.5, 0.6) is 0 Å². The summed E-state index contributed by atoms with van der Waals surface area (Å²) in [5.74, 6) is -0.460. The topological polar surface area (TPSA) is 88.3 Å². The van der Waals surface area contributed by atoms with E-state index in [1.165, 1.54) is 16.2 Å². The Balaban J connectivity index is 2.22. The van der Waals surface area contributed by atoms with Gasteiger partial charge in [-0.15, -0.1) is 11.3 Å². The number of nitrogens with two attached hydrogens (primary N) is 1. The smallest absolute Gasteiger partial charge is 0.266 e. The van der Waals surface area contributed by atoms with Gasteiger partial charge in [-0.1, -0.05) is 0 Å². The molecule has 0 saturated heterocycles. The molecule has 2 rings (SSSR count). The van der Waals surface area contributed by atoms with Crippen molar-refractivity contribution in [1.82, 2.24) is 15.2 Å². The van der Waals surface area contributed by atoms with Crippen molar-refractivity contribution in [3.8, 4) is 0 Å². The lowest BCUT2D eigenvalue weighted by atomic mass is 10.3. The molecule has 2 aromatic heterocycles. The second-order valence-corrected chi connectivity index (χ2v) is 5.36. The van der Waals surface area contributed by atoms with Gasteiger partial charge in [0.2, 0.25) is 5.91 Å². The average molecular weight is 292 g/mol. The zero-order chi connectivity index (χ0) is 14.7. The highest BCUT2D eigenvalue weighted by Crippen LogP contribution is 2.32. The van der Waals surface area contributed by atoms with Gasteiger partial charge in [-0.25, -0.2) is 0 Å². The molecule has 20 heavy (non-hydrogen) atoms. The van der Waals surface area contributed by atoms with E-state index in [0.29, 0.717) is 22.6 Å². The monoisotopic (exact) mass is 292 g/mol. The number of amides is 2. The first kappa shape index (κ1) is 14.3. The van der Waals surface area contributed by atoms with Gasteiger partial charge in [-0.2, -0.15) is 0 Å². The molecule has 0 aliphatic heterocycles. The lowest BCUT2D eigenvalue weighted by Crippen LogP contribution is -2.38. The molecular formula is C13H16N4O2S. The van der Waals surface area contributed by atoms with E-state index in [9.17, 15) is 9.59 Å². The molecule has 0 fully saturated rings. The number of nitrogens with one attached hydrogen (secondary N) is 1. The summed E-state index contributed by atoms with van der Waals surface area (Å²) in [6, 6.07) is 3.66. The van der Waals surface area contributed by atoms with Gasteiger partial charge in [0.1, 0.15) is 10.4 Å². The van der Waals surface area contributed by atoms with E-state index in [2.05, 4.69) is 10.3 Å². The first-order valence-corrected chi connectivity index (χ1v) is 7.01. The summed E-state index contributed by atoms with van der Waals surface area (Å²) in [5, 5.41) is 2.65. The number of thiophene rings is 1. The Bertz CT molecular complexity index is 653. The first-order valence-electron chi connectivity index (χ1n) is 6.19. The Morgan fingerprint density at radius 2 is 2.25 bits per heavy atom. The molecule has 0 radical (unpaired) electrons. The van der Waals surface area contributed by atoms with Crippen molar-refractivity contribution < 1.29 is 9.59 Å². The number of fused-ring (bicyclic) bond motifs is 1. The van der Waals surface area contributed by atoms with E-state index in [0.717, 1.165) is 4.70 Å². The van der Waals surface area contributed by atoms with Crippen LogP contribution in [0, 0.1) is 0 Å². The van der Waals surface area contributed by atoms with Crippen LogP contribution in [-0.2, 0) is 4.79 Å². The Labute approximate surface area is 120 Å². The van der Waals surface area contributed by atoms with Crippen LogP contribution < -0.4 is 11.1 Å². The fourth-order valence-electron chi connectivity index (χ4n) is 1.82. The Morgan fingerprint density at radius 3 is 2.90 bits per heavy atom. The predicted molar refractivity (Wildman–Crippen MR) is 79.7 cm³/mol. The normalized spacial score (nSPS) is 10.5. The van der Waals surface area contributed by atoms with Gasteiger partial charge in [0.05, 0.1) is 16.9 Å². The molecule has 0 aliphatic rings. The number of hydrogen-bond donors (Lipinski definition) is 2. The van der Waals surface area contributed by atoms with Crippen LogP contribution in [0.15, 0.2) is 18.3 Å². The number of carbonyl (C=O) groups is 2. The van der Waals surface area contributed by atoms with Crippen molar-refractivity contribution in [1.29, 1.82) is 0 Å². The number of aromatic nitrogens is 1. The average Bonchev–Trinajstić information content (AvgIpc) is 2.76. The number of hydrogen-bond acceptors (Lipinski definition) is 5. The fraction of sp³-hybridized carbons (Fsp3) is 0.308. The summed E-state index contributed by atoms with van der Waals surface area (Å²) < 4.78 is 0.861. The molecule has 2 heterocycles. The van der Waals surface area contributed by atoms with Gasteiger partial charge in [0.25, 0.3) is 5.91 Å². The maximum Gasteiger partial charge on any atom is 0.266 e. The molecule has 3 N–H and O–H groups in total. The fourth-order valence-corrected chi connectivity index (χ4v) is 2.90. The van der Waals surface area contributed by atoms with Gasteiger partial charge in [0, 0.05) is 19.8 Å². The van der Waals surface area contributed by atoms with Crippen LogP contribution in [0.3, 0.4) is 0 Å². The number of pyridine rings is 1. The van der Waals surface area contributed by atoms with Gasteiger partial charge < -0.3 is 16.0 Å². The Morgan fingerprint density at radius 1 is 1.50 bits per heavy atom. The van der Waals surface area contributed by atoms with Crippen LogP contribution in [0.2, 0.25) is 0 Å². The highest BCUT2D eigenvalue weighted by Gasteiger charge is 2.21. The van der Waals surface area contributed by atoms with Crippen LogP contribution in [-0.4, -0.2) is 41.8 Å². The molecule has 2 amide bonds. The minimum Gasteiger partial charge on any atom is -0.396 e. The number of likely N-dealkylation sites (N-methyl/N-ethyl adjacent to an activating group) is 2. The molecule has 0 bridgehead atoms. The third kappa shape index (κ3) is 2.72. The number of nitrogen functional groups attached to an aromatic ring is 1. The zero-order valence-electron chi connectivity index (χ0n) is 11.3. The maximum absolute atomic E-state index is 12.3. The van der Waals surface area contributed by atoms with Gasteiger partial charge >= 0.3 is 0 Å². The van der Waals surface area contributed by atoms with Crippen molar-refractivity contribution >= 4 is 39.1 Å². The highest BCUT2D eigenvalue weighted by atomic mass is 32.1. The minimum absolute atomic E-state index is 0.00773. The summed E-state index contributed by atoms with van der Waals surface area (Å²) in [6.07, 6.45) is 1.64. The Hall–Kier alpha value is -2.15. The number of rotatable bonds is 4. The molecule has 0 saturated carbocycles. The lowest BCUT2D eigenvalue weighted by molar-refractivity contribution is -0.121. The van der Waals surface area contributed by atoms with Crippen molar-refractivity contribution in [3.63, 3.8) is 0 Å². The van der Waals surface area contributed by atoms with Crippen LogP contribution in [0.1, 0.15) is 16.6 Å². The van der Waals surface area contributed by atoms with E-state index in [4.69, 9.17) is 5.73 Å². The van der Waals surface area contributed by atoms with E-state index in [1.54, 1.807) is 19.3 Å². The third-order valence-corrected chi connectivity index (χ3v) is 3.93. The highest BCUT2D eigenvalue weighted by molar-refractivity contribution is 7.21. The molecule has 0 unspecified atom stereocenters. The SMILES string of the molecule is CCNC(=O)CN(C)C(=O)c1sc2cccnc2c1N. The van der Waals surface area contributed by atoms with E-state index >= 15 is 0 Å². The van der Waals surface area contributed by atoms with Gasteiger partial charge in [0.15, 0.2) is 0 Å². The summed E-state index contributed by atoms with van der Waals surface area (Å²) >= 11 is 1.29. The summed E-state index contributed by atoms with van der Waals surface area (Å²) in [7, 11) is 1.58. The van der Waals surface area contributed by atoms with Crippen molar-refractivity contribution in [2.45, 2.75) is 6.92 Å². The van der Waals surface area contributed by atoms with E-state index in [-0.39, 0.29) is 18.4 Å². The van der Waals surface area contributed by atoms with Crippen LogP contribution >= 0.6 is 11.3 Å². The third-order valence-electron chi connectivity index (χ3n) is 2.78. The van der Waals surface area contributed by atoms with E-state index in [1.807, 2.05) is 13.0 Å². The van der Waals surface area contributed by atoms with Crippen LogP contribution in [0.25, 0.3) is 10.2 Å². The molecule has 7 heteroatoms. The predicted octanol–water partition coefficient (Wildman–Crippen LogP) is 1.09. The first-order chi connectivity index (χ1) is 9.54. The number of nitrogens with zero attached hydrogens (tertiary/aromatic N) is 2. The summed E-state index contributed by atoms with van der Waals surface area (Å²) in [6.45, 7) is 2.37. The molecule has 2 aromatic rings. The number of anilines is 1. The quantitative estimate of drug-likeness (QED) is 0.883.